The number of fused-ring (bicyclic) bond motifs is 5. The highest BCUT2D eigenvalue weighted by molar-refractivity contribution is 5.89. The van der Waals surface area contributed by atoms with E-state index >= 15 is 0 Å². The van der Waals surface area contributed by atoms with Crippen molar-refractivity contribution >= 4 is 24.0 Å². The average molecular weight is 846 g/mol. The molecule has 4 fully saturated rings. The number of amides is 1. The van der Waals surface area contributed by atoms with E-state index in [0.717, 1.165) is 0 Å². The molecule has 2 heterocycles. The molecule has 2 N–H and O–H groups in total. The second-order valence-corrected chi connectivity index (χ2v) is 20.2. The van der Waals surface area contributed by atoms with Crippen LogP contribution >= 0.6 is 0 Å². The molecule has 1 unspecified atom stereocenters. The van der Waals surface area contributed by atoms with E-state index < -0.39 is 106 Å². The van der Waals surface area contributed by atoms with Gasteiger partial charge in [0.25, 0.3) is 0 Å². The van der Waals surface area contributed by atoms with Crippen LogP contribution in [0.2, 0.25) is 0 Å². The number of hydrogen-bond donors (Lipinski definition) is 2. The lowest BCUT2D eigenvalue weighted by atomic mass is 9.42. The second kappa shape index (κ2) is 15.2. The molecule has 2 aliphatic heterocycles. The van der Waals surface area contributed by atoms with Gasteiger partial charge in [-0.15, -0.1) is 0 Å². The zero-order valence-electron chi connectivity index (χ0n) is 37.5. The summed E-state index contributed by atoms with van der Waals surface area (Å²) in [4.78, 5) is 57.6. The number of aliphatic hydroxyl groups is 2. The van der Waals surface area contributed by atoms with Crippen LogP contribution in [0.1, 0.15) is 118 Å². The minimum Gasteiger partial charge on any atom is -0.456 e. The molecule has 3 aliphatic carbocycles. The molecule has 2 saturated heterocycles. The predicted molar refractivity (Wildman–Crippen MR) is 223 cm³/mol. The number of rotatable bonds is 6. The van der Waals surface area contributed by atoms with Crippen molar-refractivity contribution in [2.75, 3.05) is 6.61 Å². The highest BCUT2D eigenvalue weighted by atomic mass is 16.6. The summed E-state index contributed by atoms with van der Waals surface area (Å²) in [5.41, 5.74) is -5.72. The van der Waals surface area contributed by atoms with Crippen molar-refractivity contribution in [3.63, 3.8) is 0 Å². The molecular formula is C48H63NO12. The monoisotopic (exact) mass is 845 g/mol. The number of hydrogen-bond acceptors (Lipinski definition) is 12. The molecule has 2 aromatic carbocycles. The number of benzene rings is 2. The smallest absolute Gasteiger partial charge is 0.413 e. The summed E-state index contributed by atoms with van der Waals surface area (Å²) < 4.78 is 37.8. The van der Waals surface area contributed by atoms with Crippen molar-refractivity contribution in [2.24, 2.45) is 28.6 Å². The molecule has 12 atom stereocenters. The number of nitrogens with zero attached hydrogens (tertiary/aromatic N) is 1. The molecule has 0 radical (unpaired) electrons. The fourth-order valence-corrected chi connectivity index (χ4v) is 11.7. The van der Waals surface area contributed by atoms with Gasteiger partial charge >= 0.3 is 24.0 Å². The highest BCUT2D eigenvalue weighted by Gasteiger charge is 2.77. The van der Waals surface area contributed by atoms with Crippen LogP contribution in [0.25, 0.3) is 0 Å². The van der Waals surface area contributed by atoms with E-state index in [0.29, 0.717) is 23.1 Å². The maximum Gasteiger partial charge on any atom is 0.413 e. The van der Waals surface area contributed by atoms with Gasteiger partial charge in [0.2, 0.25) is 0 Å². The lowest BCUT2D eigenvalue weighted by Gasteiger charge is -2.69. The summed E-state index contributed by atoms with van der Waals surface area (Å²) in [6, 6.07) is 16.5. The zero-order chi connectivity index (χ0) is 44.8. The summed E-state index contributed by atoms with van der Waals surface area (Å²) in [6.07, 6.45) is -6.05. The van der Waals surface area contributed by atoms with Crippen LogP contribution in [-0.2, 0) is 38.0 Å². The van der Waals surface area contributed by atoms with Gasteiger partial charge in [-0.25, -0.2) is 14.4 Å². The van der Waals surface area contributed by atoms with E-state index in [1.54, 1.807) is 89.2 Å². The molecule has 0 spiro atoms. The van der Waals surface area contributed by atoms with E-state index in [2.05, 4.69) is 0 Å². The molecule has 13 heteroatoms. The van der Waals surface area contributed by atoms with E-state index in [4.69, 9.17) is 28.4 Å². The van der Waals surface area contributed by atoms with Gasteiger partial charge in [-0.1, -0.05) is 88.7 Å². The Bertz CT molecular complexity index is 2080. The maximum atomic E-state index is 14.9. The second-order valence-electron chi connectivity index (χ2n) is 20.2. The van der Waals surface area contributed by atoms with Crippen LogP contribution in [0, 0.1) is 28.6 Å². The lowest BCUT2D eigenvalue weighted by molar-refractivity contribution is -0.356. The van der Waals surface area contributed by atoms with Crippen molar-refractivity contribution in [1.82, 2.24) is 4.90 Å². The topological polar surface area (TPSA) is 167 Å². The third kappa shape index (κ3) is 7.07. The minimum atomic E-state index is -2.00. The zero-order valence-corrected chi connectivity index (χ0v) is 37.5. The highest BCUT2D eigenvalue weighted by Crippen LogP contribution is 2.67. The van der Waals surface area contributed by atoms with Crippen molar-refractivity contribution in [3.8, 4) is 0 Å². The molecule has 2 bridgehead atoms. The van der Waals surface area contributed by atoms with E-state index in [-0.39, 0.29) is 24.5 Å². The quantitative estimate of drug-likeness (QED) is 0.173. The van der Waals surface area contributed by atoms with Gasteiger partial charge in [0.1, 0.15) is 41.3 Å². The average Bonchev–Trinajstić information content (AvgIpc) is 3.47. The Morgan fingerprint density at radius 3 is 2.07 bits per heavy atom. The fraction of sp³-hybridized carbons (Fsp3) is 0.625. The number of carbonyl (C=O) groups excluding carboxylic acids is 4. The van der Waals surface area contributed by atoms with Crippen LogP contribution < -0.4 is 0 Å². The Morgan fingerprint density at radius 1 is 0.902 bits per heavy atom. The first kappa shape index (κ1) is 44.7. The first-order valence-electron chi connectivity index (χ1n) is 21.5. The molecule has 13 nitrogen and oxygen atoms in total. The summed E-state index contributed by atoms with van der Waals surface area (Å²) in [6.45, 7) is 21.3. The SMILES string of the molecule is CC(=O)O[C@@]12CO[C@@H]1C[C@H](C)[C@]1(C)C2[C@H](OC(=O)c2ccccc2)[C@]2(O)C[C@H](OC(=O)[C@@H]3OC(C)(C)N(C(=O)OC(C)(C)C)[C@@H]3c3ccccc3)C(C)=C([C@@H](C)[C@@H]1O)C2(C)C. The van der Waals surface area contributed by atoms with Crippen molar-refractivity contribution in [1.29, 1.82) is 0 Å². The van der Waals surface area contributed by atoms with Crippen molar-refractivity contribution in [3.05, 3.63) is 82.9 Å². The molecule has 332 valence electrons. The molecule has 0 aromatic heterocycles. The van der Waals surface area contributed by atoms with E-state index in [1.807, 2.05) is 47.6 Å². The van der Waals surface area contributed by atoms with Gasteiger partial charge in [0, 0.05) is 30.1 Å². The van der Waals surface area contributed by atoms with Gasteiger partial charge < -0.3 is 38.6 Å². The maximum absolute atomic E-state index is 14.9. The van der Waals surface area contributed by atoms with Crippen LogP contribution in [0.5, 0.6) is 0 Å². The summed E-state index contributed by atoms with van der Waals surface area (Å²) in [7, 11) is 0. The van der Waals surface area contributed by atoms with E-state index in [9.17, 15) is 29.4 Å². The summed E-state index contributed by atoms with van der Waals surface area (Å²) in [5.74, 6) is -3.95. The van der Waals surface area contributed by atoms with Crippen LogP contribution in [-0.4, -0.2) is 98.8 Å². The standard InChI is InChI=1S/C48H63NO12/c1-26-23-33-47(25-56-33,59-29(4)50)37-39(58-40(52)31-21-17-14-18-22-31)48(55)24-32(27(2)34(44(48,8)9)28(3)38(51)46(26,37)12)57-41(53)36-35(30-19-15-13-16-20-30)49(45(10,11)60-36)42(54)61-43(5,6)7/h13-22,26,28,32-33,35-39,51,55H,23-25H2,1-12H3/t26-,28+,32-,33+,35+,36+,37?,38-,39-,46+,47-,48+/m0/s1. The molecule has 7 rings (SSSR count). The number of aliphatic hydroxyl groups excluding tert-OH is 1. The van der Waals surface area contributed by atoms with Crippen LogP contribution in [0.3, 0.4) is 0 Å². The molecule has 61 heavy (non-hydrogen) atoms. The predicted octanol–water partition coefficient (Wildman–Crippen LogP) is 7.09. The summed E-state index contributed by atoms with van der Waals surface area (Å²) in [5, 5.41) is 26.8. The summed E-state index contributed by atoms with van der Waals surface area (Å²) >= 11 is 0. The van der Waals surface area contributed by atoms with Crippen LogP contribution in [0.15, 0.2) is 71.8 Å². The Labute approximate surface area is 359 Å². The van der Waals surface area contributed by atoms with Crippen molar-refractivity contribution in [2.45, 2.75) is 155 Å². The number of carbonyl (C=O) groups is 4. The first-order chi connectivity index (χ1) is 28.3. The molecule has 5 aliphatic rings. The normalized spacial score (nSPS) is 37.5. The Kier molecular flexibility index (Phi) is 11.2. The van der Waals surface area contributed by atoms with Gasteiger partial charge in [0.05, 0.1) is 24.2 Å². The van der Waals surface area contributed by atoms with Crippen LogP contribution in [0.4, 0.5) is 4.79 Å². The largest absolute Gasteiger partial charge is 0.456 e. The molecule has 2 aromatic rings. The van der Waals surface area contributed by atoms with E-state index in [1.165, 1.54) is 11.8 Å². The third-order valence-electron chi connectivity index (χ3n) is 14.7. The number of ether oxygens (including phenoxy) is 6. The Hall–Kier alpha value is -4.30. The molecular weight excluding hydrogens is 783 g/mol. The molecule has 2 saturated carbocycles. The fourth-order valence-electron chi connectivity index (χ4n) is 11.7. The van der Waals surface area contributed by atoms with Gasteiger partial charge in [0.15, 0.2) is 11.7 Å². The van der Waals surface area contributed by atoms with Gasteiger partial charge in [-0.2, -0.15) is 0 Å². The minimum absolute atomic E-state index is 0.0365. The van der Waals surface area contributed by atoms with Gasteiger partial charge in [-0.3, -0.25) is 9.69 Å². The Balaban J connectivity index is 1.37. The first-order valence-corrected chi connectivity index (χ1v) is 21.5. The third-order valence-corrected chi connectivity index (χ3v) is 14.7. The molecule has 1 amide bonds. The Morgan fingerprint density at radius 2 is 1.51 bits per heavy atom. The number of esters is 3. The lowest BCUT2D eigenvalue weighted by Crippen LogP contribution is -2.80. The van der Waals surface area contributed by atoms with Crippen molar-refractivity contribution < 1.29 is 57.8 Å². The van der Waals surface area contributed by atoms with Gasteiger partial charge in [-0.05, 0) is 77.2 Å².